The summed E-state index contributed by atoms with van der Waals surface area (Å²) in [4.78, 5) is 23.6. The second kappa shape index (κ2) is 9.42. The molecule has 0 saturated heterocycles. The number of carboxylic acid groups (broad SMARTS) is 1. The topological polar surface area (TPSA) is 64.2 Å². The molecule has 0 amide bonds. The van der Waals surface area contributed by atoms with Crippen LogP contribution >= 0.6 is 11.6 Å². The minimum atomic E-state index is -0.760. The van der Waals surface area contributed by atoms with Crippen LogP contribution in [0.15, 0.2) is 65.6 Å². The zero-order valence-corrected chi connectivity index (χ0v) is 16.3. The Morgan fingerprint density at radius 2 is 1.61 bits per heavy atom. The lowest BCUT2D eigenvalue weighted by molar-refractivity contribution is -0.137. The first-order valence-corrected chi connectivity index (χ1v) is 9.79. The van der Waals surface area contributed by atoms with E-state index in [2.05, 4.69) is 0 Å². The van der Waals surface area contributed by atoms with Crippen LogP contribution in [0.4, 0.5) is 0 Å². The zero-order chi connectivity index (χ0) is 19.9. The number of hydrogen-bond donors (Lipinski definition) is 1. The maximum Gasteiger partial charge on any atom is 0.333 e. The van der Waals surface area contributed by atoms with Crippen molar-refractivity contribution in [3.63, 3.8) is 0 Å². The number of halogens is 1. The number of aryl methyl sites for hydroxylation is 1. The Labute approximate surface area is 168 Å². The number of carbonyl (C=O) groups is 1. The van der Waals surface area contributed by atoms with Crippen LogP contribution in [0.3, 0.4) is 0 Å². The van der Waals surface area contributed by atoms with Crippen LogP contribution in [-0.4, -0.2) is 20.2 Å². The Kier molecular flexibility index (Phi) is 6.71. The summed E-state index contributed by atoms with van der Waals surface area (Å²) in [6.45, 7) is 0.604. The summed E-state index contributed by atoms with van der Waals surface area (Å²) in [6.07, 6.45) is 5.34. The van der Waals surface area contributed by atoms with Crippen LogP contribution in [0.2, 0.25) is 5.02 Å². The Morgan fingerprint density at radius 3 is 2.29 bits per heavy atom. The third kappa shape index (κ3) is 4.93. The van der Waals surface area contributed by atoms with Crippen molar-refractivity contribution in [2.45, 2.75) is 38.6 Å². The van der Waals surface area contributed by atoms with E-state index in [1.807, 2.05) is 48.7 Å². The van der Waals surface area contributed by atoms with Gasteiger partial charge in [-0.1, -0.05) is 54.8 Å². The van der Waals surface area contributed by atoms with E-state index in [4.69, 9.17) is 16.7 Å². The van der Waals surface area contributed by atoms with Gasteiger partial charge in [0.25, 0.3) is 0 Å². The highest BCUT2D eigenvalue weighted by molar-refractivity contribution is 6.30. The van der Waals surface area contributed by atoms with Crippen molar-refractivity contribution in [3.8, 4) is 16.9 Å². The van der Waals surface area contributed by atoms with Gasteiger partial charge in [-0.05, 0) is 37.1 Å². The van der Waals surface area contributed by atoms with Gasteiger partial charge in [0, 0.05) is 29.7 Å². The molecule has 5 nitrogen and oxygen atoms in total. The number of rotatable bonds is 9. The van der Waals surface area contributed by atoms with Gasteiger partial charge in [-0.25, -0.2) is 4.79 Å². The fourth-order valence-electron chi connectivity index (χ4n) is 3.22. The van der Waals surface area contributed by atoms with E-state index in [0.29, 0.717) is 18.0 Å². The van der Waals surface area contributed by atoms with Crippen molar-refractivity contribution in [2.75, 3.05) is 0 Å². The van der Waals surface area contributed by atoms with E-state index in [9.17, 15) is 9.59 Å². The van der Waals surface area contributed by atoms with Crippen molar-refractivity contribution in [1.82, 2.24) is 9.13 Å². The monoisotopic (exact) mass is 398 g/mol. The van der Waals surface area contributed by atoms with E-state index in [-0.39, 0.29) is 12.1 Å². The molecule has 28 heavy (non-hydrogen) atoms. The van der Waals surface area contributed by atoms with E-state index < -0.39 is 5.97 Å². The van der Waals surface area contributed by atoms with Gasteiger partial charge in [0.15, 0.2) is 0 Å². The molecule has 0 radical (unpaired) electrons. The van der Waals surface area contributed by atoms with Crippen LogP contribution < -0.4 is 5.69 Å². The molecule has 3 aromatic rings. The predicted octanol–water partition coefficient (Wildman–Crippen LogP) is 4.99. The molecule has 0 aliphatic heterocycles. The SMILES string of the molecule is O=C(O)CCCCCCn1cc(-c2ccccc2)n(-c2ccc(Cl)cc2)c1=O. The summed E-state index contributed by atoms with van der Waals surface area (Å²) in [5.41, 5.74) is 2.48. The van der Waals surface area contributed by atoms with Gasteiger partial charge in [-0.15, -0.1) is 0 Å². The maximum absolute atomic E-state index is 13.1. The number of aliphatic carboxylic acids is 1. The lowest BCUT2D eigenvalue weighted by Gasteiger charge is -2.07. The first kappa shape index (κ1) is 20.0. The lowest BCUT2D eigenvalue weighted by Crippen LogP contribution is -2.23. The highest BCUT2D eigenvalue weighted by Gasteiger charge is 2.14. The standard InChI is InChI=1S/C22H23ClN2O3/c23-18-11-13-19(14-12-18)25-20(17-8-4-3-5-9-17)16-24(22(25)28)15-7-2-1-6-10-21(26)27/h3-5,8-9,11-14,16H,1-2,6-7,10,15H2,(H,26,27). The Hall–Kier alpha value is -2.79. The Bertz CT molecular complexity index is 975. The van der Waals surface area contributed by atoms with E-state index in [1.54, 1.807) is 21.3 Å². The smallest absolute Gasteiger partial charge is 0.333 e. The van der Waals surface area contributed by atoms with Crippen LogP contribution in [0, 0.1) is 0 Å². The molecule has 3 rings (SSSR count). The van der Waals surface area contributed by atoms with Gasteiger partial charge in [0.05, 0.1) is 11.4 Å². The molecule has 146 valence electrons. The van der Waals surface area contributed by atoms with Gasteiger partial charge in [-0.2, -0.15) is 0 Å². The number of imidazole rings is 1. The van der Waals surface area contributed by atoms with Crippen LogP contribution in [0.5, 0.6) is 0 Å². The average molecular weight is 399 g/mol. The summed E-state index contributed by atoms with van der Waals surface area (Å²) in [5, 5.41) is 9.32. The number of aromatic nitrogens is 2. The normalized spacial score (nSPS) is 10.9. The summed E-state index contributed by atoms with van der Waals surface area (Å²) in [7, 11) is 0. The number of unbranched alkanes of at least 4 members (excludes halogenated alkanes) is 3. The predicted molar refractivity (Wildman–Crippen MR) is 111 cm³/mol. The van der Waals surface area contributed by atoms with Crippen LogP contribution in [-0.2, 0) is 11.3 Å². The molecular formula is C22H23ClN2O3. The van der Waals surface area contributed by atoms with Crippen molar-refractivity contribution in [2.24, 2.45) is 0 Å². The molecule has 1 N–H and O–H groups in total. The third-order valence-corrected chi connectivity index (χ3v) is 4.90. The van der Waals surface area contributed by atoms with Gasteiger partial charge >= 0.3 is 11.7 Å². The fraction of sp³-hybridized carbons (Fsp3) is 0.273. The number of nitrogens with zero attached hydrogens (tertiary/aromatic N) is 2. The van der Waals surface area contributed by atoms with E-state index >= 15 is 0 Å². The molecule has 0 aliphatic rings. The summed E-state index contributed by atoms with van der Waals surface area (Å²) in [6, 6.07) is 17.0. The highest BCUT2D eigenvalue weighted by atomic mass is 35.5. The number of benzene rings is 2. The molecule has 2 aromatic carbocycles. The first-order chi connectivity index (χ1) is 13.6. The van der Waals surface area contributed by atoms with Crippen molar-refractivity contribution in [1.29, 1.82) is 0 Å². The number of carboxylic acids is 1. The molecule has 0 unspecified atom stereocenters. The minimum absolute atomic E-state index is 0.0910. The molecule has 1 aromatic heterocycles. The van der Waals surface area contributed by atoms with Gasteiger partial charge in [0.1, 0.15) is 0 Å². The molecular weight excluding hydrogens is 376 g/mol. The Balaban J connectivity index is 1.83. The van der Waals surface area contributed by atoms with Crippen molar-refractivity contribution in [3.05, 3.63) is 76.3 Å². The van der Waals surface area contributed by atoms with Crippen LogP contribution in [0.25, 0.3) is 16.9 Å². The molecule has 6 heteroatoms. The average Bonchev–Trinajstić information content (AvgIpc) is 3.02. The molecule has 0 spiro atoms. The van der Waals surface area contributed by atoms with Gasteiger partial charge in [0.2, 0.25) is 0 Å². The first-order valence-electron chi connectivity index (χ1n) is 9.41. The van der Waals surface area contributed by atoms with Crippen LogP contribution in [0.1, 0.15) is 32.1 Å². The Morgan fingerprint density at radius 1 is 0.929 bits per heavy atom. The second-order valence-electron chi connectivity index (χ2n) is 6.73. The molecule has 0 saturated carbocycles. The van der Waals surface area contributed by atoms with Crippen molar-refractivity contribution < 1.29 is 9.90 Å². The fourth-order valence-corrected chi connectivity index (χ4v) is 3.34. The van der Waals surface area contributed by atoms with Crippen molar-refractivity contribution >= 4 is 17.6 Å². The zero-order valence-electron chi connectivity index (χ0n) is 15.6. The maximum atomic E-state index is 13.1. The molecule has 0 aliphatic carbocycles. The third-order valence-electron chi connectivity index (χ3n) is 4.65. The lowest BCUT2D eigenvalue weighted by atomic mass is 10.1. The minimum Gasteiger partial charge on any atom is -0.481 e. The molecule has 0 bridgehead atoms. The summed E-state index contributed by atoms with van der Waals surface area (Å²) >= 11 is 6.00. The molecule has 1 heterocycles. The number of hydrogen-bond acceptors (Lipinski definition) is 2. The molecule has 0 fully saturated rings. The summed E-state index contributed by atoms with van der Waals surface area (Å²) < 4.78 is 3.43. The highest BCUT2D eigenvalue weighted by Crippen LogP contribution is 2.23. The molecule has 0 atom stereocenters. The van der Waals surface area contributed by atoms with E-state index in [1.165, 1.54) is 0 Å². The second-order valence-corrected chi connectivity index (χ2v) is 7.16. The summed E-state index contributed by atoms with van der Waals surface area (Å²) in [5.74, 6) is -0.760. The largest absolute Gasteiger partial charge is 0.481 e. The van der Waals surface area contributed by atoms with E-state index in [0.717, 1.165) is 36.2 Å². The van der Waals surface area contributed by atoms with Gasteiger partial charge < -0.3 is 5.11 Å². The van der Waals surface area contributed by atoms with Gasteiger partial charge in [-0.3, -0.25) is 13.9 Å². The quantitative estimate of drug-likeness (QED) is 0.516.